The van der Waals surface area contributed by atoms with E-state index < -0.39 is 33.6 Å². The summed E-state index contributed by atoms with van der Waals surface area (Å²) >= 11 is 0. The molecule has 1 aliphatic rings. The van der Waals surface area contributed by atoms with Gasteiger partial charge in [-0.2, -0.15) is 0 Å². The highest BCUT2D eigenvalue weighted by molar-refractivity contribution is 7.14. The zero-order valence-electron chi connectivity index (χ0n) is 19.2. The molecular weight excluding hydrogens is 445 g/mol. The Balaban J connectivity index is 1.87. The molecule has 4 N–H and O–H groups in total. The van der Waals surface area contributed by atoms with E-state index in [2.05, 4.69) is 142 Å². The van der Waals surface area contributed by atoms with Gasteiger partial charge in [-0.25, -0.2) is 0 Å². The van der Waals surface area contributed by atoms with Gasteiger partial charge < -0.3 is 18.6 Å². The van der Waals surface area contributed by atoms with Gasteiger partial charge in [-0.3, -0.25) is 0 Å². The minimum Gasteiger partial charge on any atom is -0.333 e. The second-order valence-corrected chi connectivity index (χ2v) is 25.3. The fourth-order valence-corrected chi connectivity index (χ4v) is 32.4. The number of hydrogen-bond donors (Lipinski definition) is 4. The van der Waals surface area contributed by atoms with Gasteiger partial charge in [-0.1, -0.05) is 91.0 Å². The van der Waals surface area contributed by atoms with Gasteiger partial charge in [0.2, 0.25) is 25.2 Å². The predicted molar refractivity (Wildman–Crippen MR) is 143 cm³/mol. The largest absolute Gasteiger partial charge is 0.333 e. The van der Waals surface area contributed by atoms with Crippen LogP contribution < -0.4 is 34.2 Å². The molecule has 8 heteroatoms. The fourth-order valence-electron chi connectivity index (χ4n) is 5.12. The van der Waals surface area contributed by atoms with E-state index in [9.17, 15) is 0 Å². The van der Waals surface area contributed by atoms with Crippen molar-refractivity contribution in [3.05, 3.63) is 91.0 Å². The van der Waals surface area contributed by atoms with Crippen LogP contribution in [0.4, 0.5) is 0 Å². The van der Waals surface area contributed by atoms with Gasteiger partial charge in [0, 0.05) is 0 Å². The summed E-state index contributed by atoms with van der Waals surface area (Å²) in [5, 5.41) is 4.20. The number of nitrogens with one attached hydrogen (secondary N) is 4. The van der Waals surface area contributed by atoms with Crippen molar-refractivity contribution in [1.82, 2.24) is 18.6 Å². The third-order valence-electron chi connectivity index (χ3n) is 6.18. The first-order valence-electron chi connectivity index (χ1n) is 11.0. The third kappa shape index (κ3) is 4.76. The van der Waals surface area contributed by atoms with Crippen LogP contribution in [0, 0.1) is 0 Å². The van der Waals surface area contributed by atoms with Gasteiger partial charge in [-0.15, -0.1) is 0 Å². The van der Waals surface area contributed by atoms with Crippen molar-refractivity contribution in [2.45, 2.75) is 32.7 Å². The highest BCUT2D eigenvalue weighted by Crippen LogP contribution is 2.14. The predicted octanol–water partition coefficient (Wildman–Crippen LogP) is 2.00. The summed E-state index contributed by atoms with van der Waals surface area (Å²) in [6.45, 7) is 12.1. The van der Waals surface area contributed by atoms with Gasteiger partial charge in [0.1, 0.15) is 0 Å². The summed E-state index contributed by atoms with van der Waals surface area (Å²) in [7, 11) is -8.61. The first-order valence-corrected chi connectivity index (χ1v) is 21.5. The zero-order valence-corrected chi connectivity index (χ0v) is 23.2. The lowest BCUT2D eigenvalue weighted by molar-refractivity contribution is 1.06. The molecule has 3 aromatic carbocycles. The van der Waals surface area contributed by atoms with E-state index >= 15 is 0 Å². The van der Waals surface area contributed by atoms with Crippen LogP contribution in [-0.4, -0.2) is 33.6 Å². The topological polar surface area (TPSA) is 48.1 Å². The van der Waals surface area contributed by atoms with Crippen LogP contribution in [0.25, 0.3) is 0 Å². The lowest BCUT2D eigenvalue weighted by Gasteiger charge is -2.52. The summed E-state index contributed by atoms with van der Waals surface area (Å²) in [5.74, 6) is 0. The molecule has 0 spiro atoms. The number of rotatable bonds is 3. The molecule has 0 amide bonds. The maximum absolute atomic E-state index is 4.31. The monoisotopic (exact) mass is 478 g/mol. The van der Waals surface area contributed by atoms with E-state index in [0.29, 0.717) is 0 Å². The standard InChI is InChI=1S/C23H34N4Si4/c1-28(2)24-29(3,21-15-9-6-10-16-21)26-31(5,23-19-13-8-14-20-23)27-30(4,25-28)22-17-11-7-12-18-22/h6-20,24-27H,1-5H3/t29-,30+,31?. The van der Waals surface area contributed by atoms with Crippen LogP contribution in [0.3, 0.4) is 0 Å². The van der Waals surface area contributed by atoms with Crippen LogP contribution in [0.5, 0.6) is 0 Å². The molecule has 0 bridgehead atoms. The van der Waals surface area contributed by atoms with E-state index in [-0.39, 0.29) is 0 Å². The zero-order chi connectivity index (χ0) is 22.2. The average Bonchev–Trinajstić information content (AvgIpc) is 2.74. The van der Waals surface area contributed by atoms with Crippen molar-refractivity contribution in [3.8, 4) is 0 Å². The second-order valence-electron chi connectivity index (χ2n) is 9.60. The number of hydrogen-bond acceptors (Lipinski definition) is 4. The minimum absolute atomic E-state index is 1.39. The highest BCUT2D eigenvalue weighted by atomic mass is 28.5. The molecule has 162 valence electrons. The Labute approximate surface area is 191 Å². The smallest absolute Gasteiger partial charge is 0.220 e. The molecule has 0 saturated carbocycles. The van der Waals surface area contributed by atoms with Crippen molar-refractivity contribution in [3.63, 3.8) is 0 Å². The van der Waals surface area contributed by atoms with Gasteiger partial charge in [0.15, 0.2) is 8.40 Å². The second kappa shape index (κ2) is 8.38. The Hall–Kier alpha value is -1.63. The minimum atomic E-state index is -2.27. The number of benzene rings is 3. The Bertz CT molecular complexity index is 960. The van der Waals surface area contributed by atoms with Crippen molar-refractivity contribution in [1.29, 1.82) is 0 Å². The van der Waals surface area contributed by atoms with Gasteiger partial charge in [0.25, 0.3) is 0 Å². The molecular formula is C23H34N4Si4. The van der Waals surface area contributed by atoms with Gasteiger partial charge in [0.05, 0.1) is 0 Å². The van der Waals surface area contributed by atoms with Crippen molar-refractivity contribution in [2.75, 3.05) is 0 Å². The Morgan fingerprint density at radius 3 is 0.935 bits per heavy atom. The molecule has 1 aliphatic heterocycles. The first kappa shape index (κ1) is 22.6. The van der Waals surface area contributed by atoms with Crippen LogP contribution >= 0.6 is 0 Å². The Morgan fingerprint density at radius 2 is 0.645 bits per heavy atom. The average molecular weight is 479 g/mol. The molecule has 3 aromatic rings. The molecule has 1 unspecified atom stereocenters. The summed E-state index contributed by atoms with van der Waals surface area (Å²) in [6.07, 6.45) is 0. The summed E-state index contributed by atoms with van der Waals surface area (Å²) in [6, 6.07) is 33.0. The van der Waals surface area contributed by atoms with Crippen LogP contribution in [0.1, 0.15) is 0 Å². The molecule has 1 fully saturated rings. The van der Waals surface area contributed by atoms with E-state index in [1.165, 1.54) is 15.6 Å². The van der Waals surface area contributed by atoms with E-state index in [1.807, 2.05) is 0 Å². The quantitative estimate of drug-likeness (QED) is 0.435. The molecule has 3 atom stereocenters. The third-order valence-corrected chi connectivity index (χ3v) is 27.6. The molecule has 0 aliphatic carbocycles. The Kier molecular flexibility index (Phi) is 6.09. The van der Waals surface area contributed by atoms with Crippen LogP contribution in [0.2, 0.25) is 32.7 Å². The highest BCUT2D eigenvalue weighted by Gasteiger charge is 2.52. The van der Waals surface area contributed by atoms with Gasteiger partial charge >= 0.3 is 0 Å². The first-order chi connectivity index (χ1) is 14.6. The van der Waals surface area contributed by atoms with Crippen LogP contribution in [-0.2, 0) is 0 Å². The Morgan fingerprint density at radius 1 is 0.387 bits per heavy atom. The molecule has 4 nitrogen and oxygen atoms in total. The summed E-state index contributed by atoms with van der Waals surface area (Å²) in [5.41, 5.74) is 0. The molecule has 1 saturated heterocycles. The van der Waals surface area contributed by atoms with Crippen LogP contribution in [0.15, 0.2) is 91.0 Å². The van der Waals surface area contributed by atoms with E-state index in [1.54, 1.807) is 0 Å². The lowest BCUT2D eigenvalue weighted by atomic mass is 10.4. The molecule has 1 heterocycles. The van der Waals surface area contributed by atoms with E-state index in [0.717, 1.165) is 0 Å². The van der Waals surface area contributed by atoms with Gasteiger partial charge in [-0.05, 0) is 48.3 Å². The van der Waals surface area contributed by atoms with Crippen molar-refractivity contribution < 1.29 is 0 Å². The van der Waals surface area contributed by atoms with Crippen molar-refractivity contribution >= 4 is 49.1 Å². The van der Waals surface area contributed by atoms with E-state index in [4.69, 9.17) is 0 Å². The summed E-state index contributed by atoms with van der Waals surface area (Å²) in [4.78, 5) is 0. The lowest BCUT2D eigenvalue weighted by Crippen LogP contribution is -2.95. The van der Waals surface area contributed by atoms with Crippen molar-refractivity contribution in [2.24, 2.45) is 0 Å². The molecule has 0 radical (unpaired) electrons. The maximum Gasteiger partial charge on any atom is 0.220 e. The maximum atomic E-state index is 4.31. The molecule has 0 aromatic heterocycles. The normalized spacial score (nSPS) is 30.9. The fraction of sp³-hybridized carbons (Fsp3) is 0.217. The summed E-state index contributed by atoms with van der Waals surface area (Å²) < 4.78 is 17.1. The molecule has 31 heavy (non-hydrogen) atoms. The molecule has 4 rings (SSSR count). The SMILES string of the molecule is C[Si]1(C)N[Si@](C)(c2ccccc2)N[Si](C)(c2ccccc2)N[Si@](C)(c2ccccc2)N1.